The molecule has 0 aromatic heterocycles. The summed E-state index contributed by atoms with van der Waals surface area (Å²) in [7, 11) is 4.06. The van der Waals surface area contributed by atoms with Crippen LogP contribution in [0.5, 0.6) is 5.75 Å². The Balaban J connectivity index is 2.05. The molecular formula is C27H29BrFNO. The van der Waals surface area contributed by atoms with Gasteiger partial charge in [-0.3, -0.25) is 4.39 Å². The minimum absolute atomic E-state index is 0.331. The van der Waals surface area contributed by atoms with E-state index in [0.29, 0.717) is 19.4 Å². The number of nitrogens with zero attached hydrogens (tertiary/aromatic N) is 1. The fourth-order valence-corrected chi connectivity index (χ4v) is 3.76. The molecule has 0 radical (unpaired) electrons. The normalized spacial score (nSPS) is 12.0. The Hall–Kier alpha value is -2.43. The summed E-state index contributed by atoms with van der Waals surface area (Å²) in [5.74, 6) is 0.853. The number of benzene rings is 3. The van der Waals surface area contributed by atoms with Crippen molar-refractivity contribution in [2.45, 2.75) is 12.8 Å². The predicted molar refractivity (Wildman–Crippen MR) is 132 cm³/mol. The Bertz CT molecular complexity index is 966. The van der Waals surface area contributed by atoms with Gasteiger partial charge in [0, 0.05) is 11.0 Å². The standard InChI is InChI=1S/C27H29BrFNO/c1-30(2)19-20-31-25-16-12-23(13-17-25)27(22-10-14-24(28)15-11-22)26(9-6-18-29)21-7-4-3-5-8-21/h3-5,7-8,10-17H,6,9,18-20H2,1-2H3. The van der Waals surface area contributed by atoms with Gasteiger partial charge >= 0.3 is 0 Å². The monoisotopic (exact) mass is 481 g/mol. The SMILES string of the molecule is CN(C)CCOc1ccc(C(=C(CCCF)c2ccccc2)c2ccc(Br)cc2)cc1. The Morgan fingerprint density at radius 3 is 2.03 bits per heavy atom. The summed E-state index contributed by atoms with van der Waals surface area (Å²) in [5.41, 5.74) is 5.62. The van der Waals surface area contributed by atoms with Crippen LogP contribution in [0.15, 0.2) is 83.3 Å². The van der Waals surface area contributed by atoms with Crippen molar-refractivity contribution in [3.05, 3.63) is 100 Å². The van der Waals surface area contributed by atoms with E-state index in [1.165, 1.54) is 0 Å². The quantitative estimate of drug-likeness (QED) is 0.286. The van der Waals surface area contributed by atoms with Crippen molar-refractivity contribution in [2.24, 2.45) is 0 Å². The first-order chi connectivity index (χ1) is 15.1. The molecule has 0 unspecified atom stereocenters. The molecule has 162 valence electrons. The summed E-state index contributed by atoms with van der Waals surface area (Å²) in [4.78, 5) is 2.10. The topological polar surface area (TPSA) is 12.5 Å². The van der Waals surface area contributed by atoms with Crippen molar-refractivity contribution in [3.8, 4) is 5.75 Å². The van der Waals surface area contributed by atoms with E-state index < -0.39 is 0 Å². The lowest BCUT2D eigenvalue weighted by Crippen LogP contribution is -2.19. The van der Waals surface area contributed by atoms with Crippen molar-refractivity contribution in [1.82, 2.24) is 4.90 Å². The van der Waals surface area contributed by atoms with Gasteiger partial charge in [-0.1, -0.05) is 70.5 Å². The van der Waals surface area contributed by atoms with Gasteiger partial charge in [0.15, 0.2) is 0 Å². The molecule has 0 N–H and O–H groups in total. The van der Waals surface area contributed by atoms with Gasteiger partial charge in [0.1, 0.15) is 12.4 Å². The molecule has 2 nitrogen and oxygen atoms in total. The van der Waals surface area contributed by atoms with Crippen LogP contribution in [-0.4, -0.2) is 38.8 Å². The lowest BCUT2D eigenvalue weighted by molar-refractivity contribution is 0.261. The summed E-state index contributed by atoms with van der Waals surface area (Å²) >= 11 is 3.53. The van der Waals surface area contributed by atoms with Gasteiger partial charge in [-0.15, -0.1) is 0 Å². The summed E-state index contributed by atoms with van der Waals surface area (Å²) in [6.07, 6.45) is 1.17. The minimum atomic E-state index is -0.331. The van der Waals surface area contributed by atoms with Crippen LogP contribution >= 0.6 is 15.9 Å². The van der Waals surface area contributed by atoms with Crippen LogP contribution in [-0.2, 0) is 0 Å². The highest BCUT2D eigenvalue weighted by molar-refractivity contribution is 9.10. The van der Waals surface area contributed by atoms with Crippen molar-refractivity contribution in [2.75, 3.05) is 33.9 Å². The fraction of sp³-hybridized carbons (Fsp3) is 0.259. The molecule has 0 saturated heterocycles. The number of hydrogen-bond acceptors (Lipinski definition) is 2. The first-order valence-corrected chi connectivity index (χ1v) is 11.4. The first kappa shape index (κ1) is 23.2. The van der Waals surface area contributed by atoms with E-state index in [9.17, 15) is 4.39 Å². The molecule has 31 heavy (non-hydrogen) atoms. The second-order valence-corrected chi connectivity index (χ2v) is 8.61. The molecule has 3 aromatic carbocycles. The van der Waals surface area contributed by atoms with E-state index in [4.69, 9.17) is 4.74 Å². The first-order valence-electron chi connectivity index (χ1n) is 10.6. The van der Waals surface area contributed by atoms with Gasteiger partial charge in [0.05, 0.1) is 6.67 Å². The predicted octanol–water partition coefficient (Wildman–Crippen LogP) is 7.10. The average Bonchev–Trinajstić information content (AvgIpc) is 2.79. The van der Waals surface area contributed by atoms with Crippen LogP contribution in [0.25, 0.3) is 11.1 Å². The Kier molecular flexibility index (Phi) is 8.86. The second kappa shape index (κ2) is 11.8. The number of halogens is 2. The zero-order valence-electron chi connectivity index (χ0n) is 18.2. The van der Waals surface area contributed by atoms with Crippen molar-refractivity contribution >= 4 is 27.1 Å². The third-order valence-corrected chi connectivity index (χ3v) is 5.60. The molecule has 0 atom stereocenters. The number of rotatable bonds is 10. The molecule has 0 aliphatic carbocycles. The number of ether oxygens (including phenoxy) is 1. The Morgan fingerprint density at radius 1 is 0.839 bits per heavy atom. The summed E-state index contributed by atoms with van der Waals surface area (Å²) in [6.45, 7) is 1.18. The van der Waals surface area contributed by atoms with Gasteiger partial charge in [0.25, 0.3) is 0 Å². The second-order valence-electron chi connectivity index (χ2n) is 7.70. The number of allylic oxidation sites excluding steroid dienone is 1. The zero-order valence-corrected chi connectivity index (χ0v) is 19.7. The number of alkyl halides is 1. The Morgan fingerprint density at radius 2 is 1.45 bits per heavy atom. The van der Waals surface area contributed by atoms with E-state index in [-0.39, 0.29) is 6.67 Å². The molecule has 0 heterocycles. The number of likely N-dealkylation sites (N-methyl/N-ethyl adjacent to an activating group) is 1. The molecule has 4 heteroatoms. The van der Waals surface area contributed by atoms with E-state index in [1.807, 2.05) is 56.6 Å². The highest BCUT2D eigenvalue weighted by atomic mass is 79.9. The maximum absolute atomic E-state index is 13.2. The van der Waals surface area contributed by atoms with E-state index in [2.05, 4.69) is 57.2 Å². The van der Waals surface area contributed by atoms with Crippen LogP contribution in [0.1, 0.15) is 29.5 Å². The molecule has 0 spiro atoms. The largest absolute Gasteiger partial charge is 0.492 e. The van der Waals surface area contributed by atoms with Crippen LogP contribution in [0.2, 0.25) is 0 Å². The third kappa shape index (κ3) is 6.78. The smallest absolute Gasteiger partial charge is 0.119 e. The van der Waals surface area contributed by atoms with Gasteiger partial charge in [-0.2, -0.15) is 0 Å². The van der Waals surface area contributed by atoms with Gasteiger partial charge in [0.2, 0.25) is 0 Å². The molecule has 0 bridgehead atoms. The van der Waals surface area contributed by atoms with Crippen molar-refractivity contribution < 1.29 is 9.13 Å². The zero-order chi connectivity index (χ0) is 22.1. The van der Waals surface area contributed by atoms with Crippen LogP contribution in [0.3, 0.4) is 0 Å². The highest BCUT2D eigenvalue weighted by Gasteiger charge is 2.14. The van der Waals surface area contributed by atoms with Crippen molar-refractivity contribution in [3.63, 3.8) is 0 Å². The third-order valence-electron chi connectivity index (χ3n) is 5.07. The van der Waals surface area contributed by atoms with E-state index in [0.717, 1.165) is 44.6 Å². The molecular weight excluding hydrogens is 453 g/mol. The molecule has 0 saturated carbocycles. The van der Waals surface area contributed by atoms with Gasteiger partial charge < -0.3 is 9.64 Å². The van der Waals surface area contributed by atoms with Crippen LogP contribution in [0, 0.1) is 0 Å². The lowest BCUT2D eigenvalue weighted by atomic mass is 9.87. The molecule has 0 aliphatic rings. The summed E-state index contributed by atoms with van der Waals surface area (Å²) in [6, 6.07) is 26.8. The fourth-order valence-electron chi connectivity index (χ4n) is 3.49. The van der Waals surface area contributed by atoms with E-state index >= 15 is 0 Å². The maximum atomic E-state index is 13.2. The number of hydrogen-bond donors (Lipinski definition) is 0. The van der Waals surface area contributed by atoms with Gasteiger partial charge in [-0.25, -0.2) is 0 Å². The molecule has 0 aliphatic heterocycles. The van der Waals surface area contributed by atoms with Crippen LogP contribution < -0.4 is 4.74 Å². The summed E-state index contributed by atoms with van der Waals surface area (Å²) in [5, 5.41) is 0. The molecule has 3 aromatic rings. The molecule has 3 rings (SSSR count). The maximum Gasteiger partial charge on any atom is 0.119 e. The highest BCUT2D eigenvalue weighted by Crippen LogP contribution is 2.36. The molecule has 0 fully saturated rings. The molecule has 0 amide bonds. The Labute approximate surface area is 193 Å². The van der Waals surface area contributed by atoms with Crippen LogP contribution in [0.4, 0.5) is 4.39 Å². The van der Waals surface area contributed by atoms with E-state index in [1.54, 1.807) is 0 Å². The average molecular weight is 482 g/mol. The lowest BCUT2D eigenvalue weighted by Gasteiger charge is -2.18. The van der Waals surface area contributed by atoms with Gasteiger partial charge in [-0.05, 0) is 79.0 Å². The minimum Gasteiger partial charge on any atom is -0.492 e. The summed E-state index contributed by atoms with van der Waals surface area (Å²) < 4.78 is 20.1. The van der Waals surface area contributed by atoms with Crippen molar-refractivity contribution in [1.29, 1.82) is 0 Å².